The minimum Gasteiger partial charge on any atom is -0.460 e. The molecule has 2 saturated heterocycles. The largest absolute Gasteiger partial charge is 0.460 e. The fourth-order valence-electron chi connectivity index (χ4n) is 7.34. The minimum atomic E-state index is -3.40. The van der Waals surface area contributed by atoms with Crippen molar-refractivity contribution in [3.05, 3.63) is 12.2 Å². The number of esters is 1. The molecular formula is C22H34N2O4S. The molecule has 4 fully saturated rings. The van der Waals surface area contributed by atoms with Gasteiger partial charge in [0.25, 0.3) is 0 Å². The molecule has 1 unspecified atom stereocenters. The second-order valence-electron chi connectivity index (χ2n) is 10.4. The van der Waals surface area contributed by atoms with Crippen LogP contribution in [0.4, 0.5) is 0 Å². The molecule has 2 saturated carbocycles. The molecule has 2 heterocycles. The van der Waals surface area contributed by atoms with Gasteiger partial charge in [-0.1, -0.05) is 39.8 Å². The number of hydrogen-bond donors (Lipinski definition) is 0. The van der Waals surface area contributed by atoms with Crippen molar-refractivity contribution in [1.82, 2.24) is 9.21 Å². The highest BCUT2D eigenvalue weighted by atomic mass is 32.2. The molecule has 0 aromatic rings. The van der Waals surface area contributed by atoms with Crippen LogP contribution in [0.15, 0.2) is 12.2 Å². The quantitative estimate of drug-likeness (QED) is 0.358. The Morgan fingerprint density at radius 1 is 1.21 bits per heavy atom. The number of ether oxygens (including phenoxy) is 1. The summed E-state index contributed by atoms with van der Waals surface area (Å²) in [6.07, 6.45) is 7.77. The summed E-state index contributed by atoms with van der Waals surface area (Å²) in [4.78, 5) is 15.6. The van der Waals surface area contributed by atoms with Crippen molar-refractivity contribution in [2.24, 2.45) is 22.7 Å². The van der Waals surface area contributed by atoms with Crippen LogP contribution in [-0.4, -0.2) is 66.7 Å². The molecule has 5 rings (SSSR count). The molecule has 2 aliphatic heterocycles. The maximum atomic E-state index is 13.3. The molecule has 0 aromatic carbocycles. The molecule has 0 amide bonds. The summed E-state index contributed by atoms with van der Waals surface area (Å²) in [5.41, 5.74) is -1.09. The van der Waals surface area contributed by atoms with Crippen molar-refractivity contribution in [3.63, 3.8) is 0 Å². The second-order valence-corrected chi connectivity index (χ2v) is 12.4. The van der Waals surface area contributed by atoms with E-state index in [2.05, 4.69) is 30.9 Å². The van der Waals surface area contributed by atoms with Crippen LogP contribution in [0.3, 0.4) is 0 Å². The average Bonchev–Trinajstić information content (AvgIpc) is 2.94. The van der Waals surface area contributed by atoms with Crippen molar-refractivity contribution in [1.29, 1.82) is 0 Å². The van der Waals surface area contributed by atoms with E-state index in [1.54, 1.807) is 4.31 Å². The third-order valence-electron chi connectivity index (χ3n) is 9.39. The van der Waals surface area contributed by atoms with E-state index in [1.165, 1.54) is 0 Å². The van der Waals surface area contributed by atoms with E-state index in [0.717, 1.165) is 32.2 Å². The Bertz CT molecular complexity index is 864. The van der Waals surface area contributed by atoms with Gasteiger partial charge in [0.05, 0.1) is 5.75 Å². The van der Waals surface area contributed by atoms with Crippen LogP contribution in [0, 0.1) is 22.7 Å². The van der Waals surface area contributed by atoms with E-state index in [1.807, 2.05) is 13.8 Å². The SMILES string of the molecule is CCN(CC)S(=O)(=O)C[C@]12CC[C@H](C[C@H]1OC(=O)[C@@]13CN1[C@@H]1C=C[C@H]3C1)C2(C)C. The van der Waals surface area contributed by atoms with E-state index in [-0.39, 0.29) is 29.2 Å². The number of sulfonamides is 1. The first-order valence-corrected chi connectivity index (χ1v) is 12.9. The lowest BCUT2D eigenvalue weighted by atomic mass is 9.69. The van der Waals surface area contributed by atoms with Crippen LogP contribution in [0.1, 0.15) is 53.4 Å². The smallest absolute Gasteiger partial charge is 0.328 e. The number of carbonyl (C=O) groups is 1. The Labute approximate surface area is 174 Å². The predicted molar refractivity (Wildman–Crippen MR) is 111 cm³/mol. The van der Waals surface area contributed by atoms with Crippen LogP contribution in [0.5, 0.6) is 0 Å². The van der Waals surface area contributed by atoms with Crippen LogP contribution in [0.2, 0.25) is 0 Å². The lowest BCUT2D eigenvalue weighted by Crippen LogP contribution is -2.50. The number of rotatable bonds is 7. The van der Waals surface area contributed by atoms with Crippen LogP contribution in [-0.2, 0) is 19.6 Å². The van der Waals surface area contributed by atoms with Gasteiger partial charge in [-0.25, -0.2) is 17.5 Å². The topological polar surface area (TPSA) is 66.7 Å². The van der Waals surface area contributed by atoms with Gasteiger partial charge in [-0.3, -0.25) is 4.90 Å². The lowest BCUT2D eigenvalue weighted by Gasteiger charge is -2.42. The molecule has 162 valence electrons. The summed E-state index contributed by atoms with van der Waals surface area (Å²) in [5, 5.41) is 0. The van der Waals surface area contributed by atoms with Gasteiger partial charge in [0, 0.05) is 37.0 Å². The molecule has 7 heteroatoms. The summed E-state index contributed by atoms with van der Waals surface area (Å²) < 4.78 is 34.3. The van der Waals surface area contributed by atoms with Gasteiger partial charge in [-0.2, -0.15) is 0 Å². The molecule has 0 radical (unpaired) electrons. The van der Waals surface area contributed by atoms with E-state index in [0.29, 0.717) is 25.0 Å². The highest BCUT2D eigenvalue weighted by molar-refractivity contribution is 7.89. The Morgan fingerprint density at radius 2 is 1.93 bits per heavy atom. The normalized spacial score (nSPS) is 45.8. The van der Waals surface area contributed by atoms with Crippen LogP contribution in [0.25, 0.3) is 0 Å². The van der Waals surface area contributed by atoms with Crippen LogP contribution < -0.4 is 0 Å². The number of piperidine rings is 1. The number of carbonyl (C=O) groups excluding carboxylic acids is 1. The minimum absolute atomic E-state index is 0.0891. The van der Waals surface area contributed by atoms with Gasteiger partial charge in [0.1, 0.15) is 11.6 Å². The Balaban J connectivity index is 1.41. The highest BCUT2D eigenvalue weighted by Gasteiger charge is 2.73. The number of fused-ring (bicyclic) bond motifs is 7. The molecule has 5 aliphatic rings. The summed E-state index contributed by atoms with van der Waals surface area (Å²) in [6, 6.07) is 0.390. The first kappa shape index (κ1) is 20.0. The summed E-state index contributed by atoms with van der Waals surface area (Å²) in [5.74, 6) is 0.662. The van der Waals surface area contributed by atoms with Gasteiger partial charge in [-0.05, 0) is 37.0 Å². The zero-order valence-electron chi connectivity index (χ0n) is 18.1. The Hall–Kier alpha value is -0.920. The maximum absolute atomic E-state index is 13.3. The molecule has 0 aromatic heterocycles. The van der Waals surface area contributed by atoms with E-state index < -0.39 is 21.0 Å². The Kier molecular flexibility index (Phi) is 4.19. The molecule has 4 bridgehead atoms. The highest BCUT2D eigenvalue weighted by Crippen LogP contribution is 2.67. The molecular weight excluding hydrogens is 388 g/mol. The van der Waals surface area contributed by atoms with Crippen molar-refractivity contribution >= 4 is 16.0 Å². The molecule has 0 spiro atoms. The zero-order valence-corrected chi connectivity index (χ0v) is 18.9. The lowest BCUT2D eigenvalue weighted by molar-refractivity contribution is -0.161. The standard InChI is InChI=1S/C22H34N2O4S/c1-5-23(6-2)29(26,27)14-21-10-9-15(20(21,3)4)12-18(21)28-19(25)22-13-24(22)17-8-7-16(22)11-17/h7-8,15-18H,5-6,9-14H2,1-4H3/t15-,16+,17-,18-,21-,22+,24?/m1/s1. The van der Waals surface area contributed by atoms with Gasteiger partial charge < -0.3 is 4.74 Å². The van der Waals surface area contributed by atoms with Gasteiger partial charge in [-0.15, -0.1) is 0 Å². The van der Waals surface area contributed by atoms with Gasteiger partial charge in [0.2, 0.25) is 10.0 Å². The van der Waals surface area contributed by atoms with Crippen molar-refractivity contribution < 1.29 is 17.9 Å². The molecule has 0 N–H and O–H groups in total. The van der Waals surface area contributed by atoms with Gasteiger partial charge >= 0.3 is 5.97 Å². The molecule has 29 heavy (non-hydrogen) atoms. The van der Waals surface area contributed by atoms with Gasteiger partial charge in [0.15, 0.2) is 0 Å². The third-order valence-corrected chi connectivity index (χ3v) is 11.6. The number of hydrogen-bond acceptors (Lipinski definition) is 5. The van der Waals surface area contributed by atoms with Crippen LogP contribution >= 0.6 is 0 Å². The zero-order chi connectivity index (χ0) is 20.8. The molecule has 6 nitrogen and oxygen atoms in total. The number of nitrogens with zero attached hydrogens (tertiary/aromatic N) is 2. The summed E-state index contributed by atoms with van der Waals surface area (Å²) >= 11 is 0. The summed E-state index contributed by atoms with van der Waals surface area (Å²) in [7, 11) is -3.40. The third kappa shape index (κ3) is 2.41. The molecule has 7 atom stereocenters. The van der Waals surface area contributed by atoms with Crippen molar-refractivity contribution in [2.45, 2.75) is 71.1 Å². The summed E-state index contributed by atoms with van der Waals surface area (Å²) in [6.45, 7) is 9.91. The Morgan fingerprint density at radius 3 is 2.52 bits per heavy atom. The second kappa shape index (κ2) is 6.07. The average molecular weight is 423 g/mol. The fraction of sp³-hybridized carbons (Fsp3) is 0.864. The van der Waals surface area contributed by atoms with E-state index in [9.17, 15) is 13.2 Å². The first-order valence-electron chi connectivity index (χ1n) is 11.3. The fourth-order valence-corrected chi connectivity index (χ4v) is 9.66. The van der Waals surface area contributed by atoms with Crippen molar-refractivity contribution in [3.8, 4) is 0 Å². The molecule has 3 aliphatic carbocycles. The first-order chi connectivity index (χ1) is 13.6. The van der Waals surface area contributed by atoms with E-state index >= 15 is 0 Å². The predicted octanol–water partition coefficient (Wildman–Crippen LogP) is 2.41. The monoisotopic (exact) mass is 422 g/mol. The van der Waals surface area contributed by atoms with Crippen molar-refractivity contribution in [2.75, 3.05) is 25.4 Å². The maximum Gasteiger partial charge on any atom is 0.328 e. The van der Waals surface area contributed by atoms with E-state index in [4.69, 9.17) is 4.74 Å².